The van der Waals surface area contributed by atoms with E-state index in [0.29, 0.717) is 5.82 Å². The number of nitrogens with two attached hydrogens (primary N) is 1. The average molecular weight is 198 g/mol. The molecule has 0 fully saturated rings. The molecule has 0 aliphatic carbocycles. The fourth-order valence-electron chi connectivity index (χ4n) is 0.862. The minimum absolute atomic E-state index is 0.453. The summed E-state index contributed by atoms with van der Waals surface area (Å²) in [6, 6.07) is 0. The maximum absolute atomic E-state index is 5.40. The first kappa shape index (κ1) is 10.1. The Kier molecular flexibility index (Phi) is 4.39. The normalized spacial score (nSPS) is 9.92. The molecule has 0 aliphatic heterocycles. The lowest BCUT2D eigenvalue weighted by Crippen LogP contribution is -2.05. The highest BCUT2D eigenvalue weighted by Crippen LogP contribution is 2.02. The molecule has 1 rings (SSSR count). The first-order valence-electron chi connectivity index (χ1n) is 4.13. The number of nitrogen functional groups attached to an aromatic ring is 1. The van der Waals surface area contributed by atoms with Crippen molar-refractivity contribution in [2.75, 3.05) is 29.6 Å². The summed E-state index contributed by atoms with van der Waals surface area (Å²) < 4.78 is 0. The molecule has 0 aromatic carbocycles. The van der Waals surface area contributed by atoms with E-state index in [-0.39, 0.29) is 0 Å². The molecule has 0 amide bonds. The van der Waals surface area contributed by atoms with Gasteiger partial charge in [-0.25, -0.2) is 9.97 Å². The number of rotatable bonds is 5. The highest BCUT2D eigenvalue weighted by atomic mass is 32.2. The predicted octanol–water partition coefficient (Wildman–Crippen LogP) is 1.22. The summed E-state index contributed by atoms with van der Waals surface area (Å²) in [7, 11) is 0. The topological polar surface area (TPSA) is 63.8 Å². The zero-order valence-corrected chi connectivity index (χ0v) is 8.47. The highest BCUT2D eigenvalue weighted by Gasteiger charge is 1.92. The van der Waals surface area contributed by atoms with Crippen LogP contribution >= 0.6 is 11.8 Å². The molecule has 0 bridgehead atoms. The van der Waals surface area contributed by atoms with Gasteiger partial charge < -0.3 is 11.1 Å². The summed E-state index contributed by atoms with van der Waals surface area (Å²) in [5, 5.41) is 3.16. The summed E-state index contributed by atoms with van der Waals surface area (Å²) in [5.74, 6) is 2.40. The number of aromatic nitrogens is 2. The standard InChI is InChI=1S/C8H14N4S/c1-13-4-2-3-10-8-6-11-7(9)5-12-8/h5-6H,2-4H2,1H3,(H2,9,11)(H,10,12). The Morgan fingerprint density at radius 2 is 2.31 bits per heavy atom. The molecular weight excluding hydrogens is 184 g/mol. The maximum Gasteiger partial charge on any atom is 0.144 e. The van der Waals surface area contributed by atoms with E-state index in [4.69, 9.17) is 5.73 Å². The lowest BCUT2D eigenvalue weighted by atomic mass is 10.5. The minimum atomic E-state index is 0.453. The molecule has 3 N–H and O–H groups in total. The Morgan fingerprint density at radius 1 is 1.46 bits per heavy atom. The molecule has 0 atom stereocenters. The third-order valence-corrected chi connectivity index (χ3v) is 2.20. The second kappa shape index (κ2) is 5.64. The molecule has 13 heavy (non-hydrogen) atoms. The fourth-order valence-corrected chi connectivity index (χ4v) is 1.30. The Bertz CT molecular complexity index is 236. The first-order chi connectivity index (χ1) is 6.33. The predicted molar refractivity (Wildman–Crippen MR) is 57.9 cm³/mol. The number of hydrogen-bond donors (Lipinski definition) is 2. The third kappa shape index (κ3) is 3.98. The number of nitrogens with zero attached hydrogens (tertiary/aromatic N) is 2. The zero-order valence-electron chi connectivity index (χ0n) is 7.66. The lowest BCUT2D eigenvalue weighted by Gasteiger charge is -2.03. The third-order valence-electron chi connectivity index (χ3n) is 1.50. The van der Waals surface area contributed by atoms with Crippen molar-refractivity contribution in [3.8, 4) is 0 Å². The molecule has 1 heterocycles. The van der Waals surface area contributed by atoms with Gasteiger partial charge in [-0.05, 0) is 18.4 Å². The van der Waals surface area contributed by atoms with E-state index in [1.165, 1.54) is 0 Å². The summed E-state index contributed by atoms with van der Waals surface area (Å²) in [4.78, 5) is 8.00. The Hall–Kier alpha value is -0.970. The zero-order chi connectivity index (χ0) is 9.52. The summed E-state index contributed by atoms with van der Waals surface area (Å²) in [6.07, 6.45) is 6.43. The van der Waals surface area contributed by atoms with Crippen LogP contribution in [0.2, 0.25) is 0 Å². The lowest BCUT2D eigenvalue weighted by molar-refractivity contribution is 0.977. The van der Waals surface area contributed by atoms with Crippen LogP contribution in [-0.4, -0.2) is 28.5 Å². The summed E-state index contributed by atoms with van der Waals surface area (Å²) in [6.45, 7) is 0.930. The van der Waals surface area contributed by atoms with Gasteiger partial charge in [0, 0.05) is 6.54 Å². The van der Waals surface area contributed by atoms with Crippen molar-refractivity contribution in [3.05, 3.63) is 12.4 Å². The van der Waals surface area contributed by atoms with Crippen molar-refractivity contribution in [2.24, 2.45) is 0 Å². The molecule has 1 aromatic heterocycles. The second-order valence-electron chi connectivity index (χ2n) is 2.60. The van der Waals surface area contributed by atoms with Crippen molar-refractivity contribution >= 4 is 23.4 Å². The highest BCUT2D eigenvalue weighted by molar-refractivity contribution is 7.98. The first-order valence-corrected chi connectivity index (χ1v) is 5.52. The van der Waals surface area contributed by atoms with Gasteiger partial charge in [-0.2, -0.15) is 11.8 Å². The molecule has 0 unspecified atom stereocenters. The van der Waals surface area contributed by atoms with E-state index in [9.17, 15) is 0 Å². The van der Waals surface area contributed by atoms with Crippen molar-refractivity contribution in [3.63, 3.8) is 0 Å². The van der Waals surface area contributed by atoms with Crippen molar-refractivity contribution in [2.45, 2.75) is 6.42 Å². The molecule has 72 valence electrons. The van der Waals surface area contributed by atoms with Gasteiger partial charge in [-0.1, -0.05) is 0 Å². The SMILES string of the molecule is CSCCCNc1cnc(N)cn1. The van der Waals surface area contributed by atoms with Gasteiger partial charge in [0.25, 0.3) is 0 Å². The fraction of sp³-hybridized carbons (Fsp3) is 0.500. The van der Waals surface area contributed by atoms with Gasteiger partial charge in [0.2, 0.25) is 0 Å². The molecule has 0 spiro atoms. The van der Waals surface area contributed by atoms with Crippen LogP contribution in [0.15, 0.2) is 12.4 Å². The van der Waals surface area contributed by atoms with Crippen molar-refractivity contribution in [1.29, 1.82) is 0 Å². The van der Waals surface area contributed by atoms with E-state index >= 15 is 0 Å². The Balaban J connectivity index is 2.25. The van der Waals surface area contributed by atoms with Gasteiger partial charge in [0.15, 0.2) is 0 Å². The Morgan fingerprint density at radius 3 is 2.92 bits per heavy atom. The van der Waals surface area contributed by atoms with Crippen LogP contribution < -0.4 is 11.1 Å². The Labute approximate surface area is 82.3 Å². The largest absolute Gasteiger partial charge is 0.382 e. The number of nitrogens with one attached hydrogen (secondary N) is 1. The molecule has 4 nitrogen and oxygen atoms in total. The van der Waals surface area contributed by atoms with Gasteiger partial charge in [-0.3, -0.25) is 0 Å². The number of anilines is 2. The second-order valence-corrected chi connectivity index (χ2v) is 3.59. The van der Waals surface area contributed by atoms with Gasteiger partial charge >= 0.3 is 0 Å². The smallest absolute Gasteiger partial charge is 0.144 e. The minimum Gasteiger partial charge on any atom is -0.382 e. The van der Waals surface area contributed by atoms with E-state index in [2.05, 4.69) is 21.5 Å². The van der Waals surface area contributed by atoms with E-state index in [1.54, 1.807) is 12.4 Å². The van der Waals surface area contributed by atoms with Crippen LogP contribution in [0.5, 0.6) is 0 Å². The molecule has 0 radical (unpaired) electrons. The molecule has 0 saturated carbocycles. The van der Waals surface area contributed by atoms with Gasteiger partial charge in [0.1, 0.15) is 11.6 Å². The summed E-state index contributed by atoms with van der Waals surface area (Å²) in [5.41, 5.74) is 5.40. The number of hydrogen-bond acceptors (Lipinski definition) is 5. The molecular formula is C8H14N4S. The van der Waals surface area contributed by atoms with Crippen molar-refractivity contribution in [1.82, 2.24) is 9.97 Å². The number of thioether (sulfide) groups is 1. The quantitative estimate of drug-likeness (QED) is 0.697. The van der Waals surface area contributed by atoms with Crippen LogP contribution in [0, 0.1) is 0 Å². The summed E-state index contributed by atoms with van der Waals surface area (Å²) >= 11 is 1.84. The monoisotopic (exact) mass is 198 g/mol. The maximum atomic E-state index is 5.40. The average Bonchev–Trinajstić information content (AvgIpc) is 2.15. The van der Waals surface area contributed by atoms with Crippen LogP contribution in [0.4, 0.5) is 11.6 Å². The molecule has 5 heteroatoms. The van der Waals surface area contributed by atoms with Gasteiger partial charge in [0.05, 0.1) is 12.4 Å². The van der Waals surface area contributed by atoms with Crippen LogP contribution in [0.25, 0.3) is 0 Å². The van der Waals surface area contributed by atoms with E-state index in [1.807, 2.05) is 11.8 Å². The van der Waals surface area contributed by atoms with E-state index < -0.39 is 0 Å². The van der Waals surface area contributed by atoms with Crippen molar-refractivity contribution < 1.29 is 0 Å². The molecule has 0 saturated heterocycles. The van der Waals surface area contributed by atoms with E-state index in [0.717, 1.165) is 24.5 Å². The van der Waals surface area contributed by atoms with Crippen LogP contribution in [0.1, 0.15) is 6.42 Å². The van der Waals surface area contributed by atoms with Crippen LogP contribution in [-0.2, 0) is 0 Å². The molecule has 1 aromatic rings. The van der Waals surface area contributed by atoms with Crippen LogP contribution in [0.3, 0.4) is 0 Å². The molecule has 0 aliphatic rings. The van der Waals surface area contributed by atoms with Gasteiger partial charge in [-0.15, -0.1) is 0 Å².